The van der Waals surface area contributed by atoms with Crippen molar-refractivity contribution >= 4 is 5.91 Å². The van der Waals surface area contributed by atoms with E-state index in [9.17, 15) is 4.79 Å². The van der Waals surface area contributed by atoms with Crippen LogP contribution in [0.1, 0.15) is 64.7 Å². The standard InChI is InChI=1S/C15H28N2O/c1-2-8-13-9-5-7-12-17(13)15(18)14-10-4-3-6-11-16-14/h13-14,16H,2-12H2,1H3. The van der Waals surface area contributed by atoms with Crippen LogP contribution < -0.4 is 5.32 Å². The fourth-order valence-corrected chi connectivity index (χ4v) is 3.36. The summed E-state index contributed by atoms with van der Waals surface area (Å²) >= 11 is 0. The number of nitrogens with zero attached hydrogens (tertiary/aromatic N) is 1. The van der Waals surface area contributed by atoms with E-state index in [-0.39, 0.29) is 6.04 Å². The van der Waals surface area contributed by atoms with Gasteiger partial charge in [-0.15, -0.1) is 0 Å². The van der Waals surface area contributed by atoms with Crippen molar-refractivity contribution in [3.05, 3.63) is 0 Å². The van der Waals surface area contributed by atoms with Gasteiger partial charge in [-0.1, -0.05) is 26.2 Å². The molecule has 2 atom stereocenters. The minimum Gasteiger partial charge on any atom is -0.338 e. The van der Waals surface area contributed by atoms with Crippen LogP contribution in [0.25, 0.3) is 0 Å². The lowest BCUT2D eigenvalue weighted by atomic mass is 9.96. The van der Waals surface area contributed by atoms with Crippen molar-refractivity contribution in [1.29, 1.82) is 0 Å². The summed E-state index contributed by atoms with van der Waals surface area (Å²) in [4.78, 5) is 14.8. The number of piperidine rings is 1. The topological polar surface area (TPSA) is 32.3 Å². The van der Waals surface area contributed by atoms with E-state index in [1.54, 1.807) is 0 Å². The summed E-state index contributed by atoms with van der Waals surface area (Å²) in [5.74, 6) is 0.384. The van der Waals surface area contributed by atoms with Crippen molar-refractivity contribution in [3.8, 4) is 0 Å². The third-order valence-corrected chi connectivity index (χ3v) is 4.39. The normalized spacial score (nSPS) is 29.9. The molecule has 2 fully saturated rings. The molecule has 1 amide bonds. The van der Waals surface area contributed by atoms with Gasteiger partial charge in [0.2, 0.25) is 5.91 Å². The molecule has 2 aliphatic rings. The highest BCUT2D eigenvalue weighted by atomic mass is 16.2. The predicted octanol–water partition coefficient (Wildman–Crippen LogP) is 2.70. The van der Waals surface area contributed by atoms with Gasteiger partial charge >= 0.3 is 0 Å². The second kappa shape index (κ2) is 7.13. The summed E-state index contributed by atoms with van der Waals surface area (Å²) in [5, 5.41) is 3.45. The molecule has 2 saturated heterocycles. The van der Waals surface area contributed by atoms with Crippen molar-refractivity contribution in [2.45, 2.75) is 76.8 Å². The van der Waals surface area contributed by atoms with Crippen molar-refractivity contribution in [3.63, 3.8) is 0 Å². The van der Waals surface area contributed by atoms with Gasteiger partial charge in [0.15, 0.2) is 0 Å². The van der Waals surface area contributed by atoms with Crippen molar-refractivity contribution in [2.75, 3.05) is 13.1 Å². The van der Waals surface area contributed by atoms with Gasteiger partial charge in [0.25, 0.3) is 0 Å². The van der Waals surface area contributed by atoms with Crippen LogP contribution in [-0.4, -0.2) is 36.0 Å². The van der Waals surface area contributed by atoms with Gasteiger partial charge in [-0.05, 0) is 45.1 Å². The molecule has 0 spiro atoms. The first-order valence-electron chi connectivity index (χ1n) is 7.86. The summed E-state index contributed by atoms with van der Waals surface area (Å²) in [5.41, 5.74) is 0. The van der Waals surface area contributed by atoms with E-state index in [1.807, 2.05) is 0 Å². The second-order valence-corrected chi connectivity index (χ2v) is 5.83. The molecule has 0 aliphatic carbocycles. The van der Waals surface area contributed by atoms with Crippen LogP contribution in [0, 0.1) is 0 Å². The largest absolute Gasteiger partial charge is 0.338 e. The van der Waals surface area contributed by atoms with E-state index in [2.05, 4.69) is 17.1 Å². The number of hydrogen-bond donors (Lipinski definition) is 1. The highest BCUT2D eigenvalue weighted by Gasteiger charge is 2.30. The zero-order valence-electron chi connectivity index (χ0n) is 11.8. The smallest absolute Gasteiger partial charge is 0.239 e. The van der Waals surface area contributed by atoms with Gasteiger partial charge < -0.3 is 10.2 Å². The van der Waals surface area contributed by atoms with Crippen LogP contribution in [0.15, 0.2) is 0 Å². The van der Waals surface area contributed by atoms with Gasteiger partial charge in [0.05, 0.1) is 6.04 Å². The van der Waals surface area contributed by atoms with Crippen LogP contribution in [-0.2, 0) is 4.79 Å². The summed E-state index contributed by atoms with van der Waals surface area (Å²) in [7, 11) is 0. The molecule has 3 heteroatoms. The summed E-state index contributed by atoms with van der Waals surface area (Å²) in [6, 6.07) is 0.617. The lowest BCUT2D eigenvalue weighted by Crippen LogP contribution is -2.52. The lowest BCUT2D eigenvalue weighted by Gasteiger charge is -2.38. The fraction of sp³-hybridized carbons (Fsp3) is 0.933. The Bertz CT molecular complexity index is 257. The summed E-state index contributed by atoms with van der Waals surface area (Å²) in [6.45, 7) is 4.23. The lowest BCUT2D eigenvalue weighted by molar-refractivity contribution is -0.137. The van der Waals surface area contributed by atoms with Crippen LogP contribution in [0.2, 0.25) is 0 Å². The molecule has 0 aromatic rings. The Balaban J connectivity index is 1.95. The Kier molecular flexibility index (Phi) is 5.48. The van der Waals surface area contributed by atoms with Crippen molar-refractivity contribution < 1.29 is 4.79 Å². The second-order valence-electron chi connectivity index (χ2n) is 5.83. The monoisotopic (exact) mass is 252 g/mol. The van der Waals surface area contributed by atoms with Crippen LogP contribution in [0.5, 0.6) is 0 Å². The summed E-state index contributed by atoms with van der Waals surface area (Å²) in [6.07, 6.45) is 10.8. The molecule has 0 radical (unpaired) electrons. The molecule has 3 nitrogen and oxygen atoms in total. The highest BCUT2D eigenvalue weighted by Crippen LogP contribution is 2.23. The van der Waals surface area contributed by atoms with Gasteiger partial charge in [-0.3, -0.25) is 4.79 Å². The molecule has 0 saturated carbocycles. The minimum absolute atomic E-state index is 0.102. The maximum absolute atomic E-state index is 12.7. The van der Waals surface area contributed by atoms with Crippen LogP contribution in [0.3, 0.4) is 0 Å². The minimum atomic E-state index is 0.102. The molecule has 18 heavy (non-hydrogen) atoms. The van der Waals surface area contributed by atoms with E-state index in [4.69, 9.17) is 0 Å². The number of carbonyl (C=O) groups excluding carboxylic acids is 1. The quantitative estimate of drug-likeness (QED) is 0.837. The number of likely N-dealkylation sites (tertiary alicyclic amines) is 1. The van der Waals surface area contributed by atoms with Gasteiger partial charge in [0, 0.05) is 12.6 Å². The van der Waals surface area contributed by atoms with Crippen molar-refractivity contribution in [2.24, 2.45) is 0 Å². The number of nitrogens with one attached hydrogen (secondary N) is 1. The Morgan fingerprint density at radius 2 is 2.00 bits per heavy atom. The number of carbonyl (C=O) groups is 1. The molecule has 2 heterocycles. The van der Waals surface area contributed by atoms with E-state index in [0.29, 0.717) is 11.9 Å². The Hall–Kier alpha value is -0.570. The number of amides is 1. The van der Waals surface area contributed by atoms with Gasteiger partial charge in [-0.2, -0.15) is 0 Å². The highest BCUT2D eigenvalue weighted by molar-refractivity contribution is 5.82. The third kappa shape index (κ3) is 3.47. The summed E-state index contributed by atoms with van der Waals surface area (Å²) < 4.78 is 0. The molecule has 0 aromatic carbocycles. The molecule has 1 N–H and O–H groups in total. The van der Waals surface area contributed by atoms with Gasteiger partial charge in [0.1, 0.15) is 0 Å². The Morgan fingerprint density at radius 3 is 2.83 bits per heavy atom. The zero-order valence-corrected chi connectivity index (χ0v) is 11.8. The van der Waals surface area contributed by atoms with Crippen LogP contribution in [0.4, 0.5) is 0 Å². The molecule has 2 aliphatic heterocycles. The maximum atomic E-state index is 12.7. The molecular weight excluding hydrogens is 224 g/mol. The Morgan fingerprint density at radius 1 is 1.17 bits per heavy atom. The zero-order chi connectivity index (χ0) is 12.8. The number of hydrogen-bond acceptors (Lipinski definition) is 2. The van der Waals surface area contributed by atoms with E-state index in [1.165, 1.54) is 51.4 Å². The molecule has 2 unspecified atom stereocenters. The van der Waals surface area contributed by atoms with Crippen LogP contribution >= 0.6 is 0 Å². The SMILES string of the molecule is CCCC1CCCCN1C(=O)C1CCCCCN1. The maximum Gasteiger partial charge on any atom is 0.239 e. The molecule has 2 rings (SSSR count). The molecule has 0 aromatic heterocycles. The third-order valence-electron chi connectivity index (χ3n) is 4.39. The molecular formula is C15H28N2O. The Labute approximate surface area is 111 Å². The molecule has 0 bridgehead atoms. The number of rotatable bonds is 3. The molecule has 104 valence electrons. The first-order chi connectivity index (χ1) is 8.83. The van der Waals surface area contributed by atoms with Gasteiger partial charge in [-0.25, -0.2) is 0 Å². The first-order valence-corrected chi connectivity index (χ1v) is 7.86. The van der Waals surface area contributed by atoms with E-state index in [0.717, 1.165) is 19.5 Å². The average Bonchev–Trinajstić information content (AvgIpc) is 2.68. The first kappa shape index (κ1) is 13.9. The predicted molar refractivity (Wildman–Crippen MR) is 74.5 cm³/mol. The average molecular weight is 252 g/mol. The van der Waals surface area contributed by atoms with E-state index < -0.39 is 0 Å². The van der Waals surface area contributed by atoms with Crippen molar-refractivity contribution in [1.82, 2.24) is 10.2 Å². The fourth-order valence-electron chi connectivity index (χ4n) is 3.36. The van der Waals surface area contributed by atoms with E-state index >= 15 is 0 Å².